The molecule has 3 aromatic rings. The Morgan fingerprint density at radius 3 is 2.57 bits per heavy atom. The maximum atomic E-state index is 12.1. The molecule has 2 heterocycles. The first-order chi connectivity index (χ1) is 13.7. The van der Waals surface area contributed by atoms with E-state index in [1.807, 2.05) is 43.4 Å². The Balaban J connectivity index is 1.79. The summed E-state index contributed by atoms with van der Waals surface area (Å²) in [6.45, 7) is 1.54. The largest absolute Gasteiger partial charge is 0.355 e. The summed E-state index contributed by atoms with van der Waals surface area (Å²) in [5, 5.41) is 15.0. The number of amides is 1. The highest BCUT2D eigenvalue weighted by Gasteiger charge is 2.18. The van der Waals surface area contributed by atoms with Crippen LogP contribution in [-0.2, 0) is 4.79 Å². The molecule has 0 aliphatic rings. The molecule has 0 radical (unpaired) electrons. The van der Waals surface area contributed by atoms with Crippen LogP contribution < -0.4 is 10.6 Å². The molecular weight excluding hydrogens is 394 g/mol. The van der Waals surface area contributed by atoms with E-state index in [-0.39, 0.29) is 5.91 Å². The number of benzene rings is 1. The van der Waals surface area contributed by atoms with Crippen molar-refractivity contribution in [2.24, 2.45) is 0 Å². The van der Waals surface area contributed by atoms with Crippen molar-refractivity contribution in [2.45, 2.75) is 11.4 Å². The Morgan fingerprint density at radius 2 is 1.86 bits per heavy atom. The molecule has 3 N–H and O–H groups in total. The summed E-state index contributed by atoms with van der Waals surface area (Å²) < 4.78 is 0. The maximum absolute atomic E-state index is 12.1. The molecule has 0 saturated carbocycles. The number of nitrogens with zero attached hydrogens (tertiary/aromatic N) is 2. The molecule has 3 rings (SSSR count). The second-order valence-electron chi connectivity index (χ2n) is 6.12. The van der Waals surface area contributed by atoms with Crippen LogP contribution in [0.5, 0.6) is 0 Å². The van der Waals surface area contributed by atoms with E-state index in [9.17, 15) is 4.79 Å². The lowest BCUT2D eigenvalue weighted by Gasteiger charge is -2.07. The fraction of sp³-hybridized carbons (Fsp3) is 0.250. The standard InChI is InChI=1S/C20H22ClN5OS/c1-22-9-2-10-24-17(27)13-28-20-18(14-7-11-23-12-8-14)19(25-26-20)15-3-5-16(21)6-4-15/h3-8,11-12,22H,2,9-10,13H2,1H3,(H,24,27)(H,25,26). The van der Waals surface area contributed by atoms with E-state index in [1.54, 1.807) is 12.4 Å². The smallest absolute Gasteiger partial charge is 0.230 e. The van der Waals surface area contributed by atoms with Gasteiger partial charge in [0, 0.05) is 35.1 Å². The highest BCUT2D eigenvalue weighted by molar-refractivity contribution is 8.00. The van der Waals surface area contributed by atoms with Gasteiger partial charge in [-0.15, -0.1) is 0 Å². The third-order valence-electron chi connectivity index (χ3n) is 4.10. The van der Waals surface area contributed by atoms with Gasteiger partial charge < -0.3 is 10.6 Å². The number of rotatable bonds is 9. The molecule has 0 fully saturated rings. The number of hydrogen-bond donors (Lipinski definition) is 3. The average molecular weight is 416 g/mol. The molecule has 0 bridgehead atoms. The highest BCUT2D eigenvalue weighted by Crippen LogP contribution is 2.37. The van der Waals surface area contributed by atoms with Crippen LogP contribution in [-0.4, -0.2) is 47.0 Å². The zero-order valence-corrected chi connectivity index (χ0v) is 17.1. The van der Waals surface area contributed by atoms with Crippen LogP contribution in [0.2, 0.25) is 5.02 Å². The number of carbonyl (C=O) groups is 1. The first-order valence-electron chi connectivity index (χ1n) is 8.98. The van der Waals surface area contributed by atoms with Gasteiger partial charge >= 0.3 is 0 Å². The molecule has 0 aliphatic heterocycles. The Kier molecular flexibility index (Phi) is 7.47. The van der Waals surface area contributed by atoms with Gasteiger partial charge in [0.25, 0.3) is 0 Å². The number of carbonyl (C=O) groups excluding carboxylic acids is 1. The minimum Gasteiger partial charge on any atom is -0.355 e. The van der Waals surface area contributed by atoms with Crippen molar-refractivity contribution in [1.29, 1.82) is 0 Å². The quantitative estimate of drug-likeness (QED) is 0.367. The molecule has 1 amide bonds. The van der Waals surface area contributed by atoms with Crippen LogP contribution in [0, 0.1) is 0 Å². The number of thioether (sulfide) groups is 1. The summed E-state index contributed by atoms with van der Waals surface area (Å²) in [6, 6.07) is 11.5. The van der Waals surface area contributed by atoms with E-state index in [0.717, 1.165) is 40.4 Å². The van der Waals surface area contributed by atoms with E-state index in [1.165, 1.54) is 11.8 Å². The average Bonchev–Trinajstić information content (AvgIpc) is 3.15. The number of H-pyrrole nitrogens is 1. The van der Waals surface area contributed by atoms with E-state index < -0.39 is 0 Å². The monoisotopic (exact) mass is 415 g/mol. The molecule has 2 aromatic heterocycles. The number of nitrogens with one attached hydrogen (secondary N) is 3. The lowest BCUT2D eigenvalue weighted by atomic mass is 10.0. The van der Waals surface area contributed by atoms with Crippen molar-refractivity contribution in [2.75, 3.05) is 25.9 Å². The fourth-order valence-electron chi connectivity index (χ4n) is 2.72. The van der Waals surface area contributed by atoms with Crippen molar-refractivity contribution in [1.82, 2.24) is 25.8 Å². The van der Waals surface area contributed by atoms with Gasteiger partial charge in [0.05, 0.1) is 11.4 Å². The van der Waals surface area contributed by atoms with E-state index >= 15 is 0 Å². The highest BCUT2D eigenvalue weighted by atomic mass is 35.5. The SMILES string of the molecule is CNCCCNC(=O)CSc1n[nH]c(-c2ccc(Cl)cc2)c1-c1ccncc1. The number of pyridine rings is 1. The van der Waals surface area contributed by atoms with Gasteiger partial charge in [0.1, 0.15) is 5.03 Å². The minimum atomic E-state index is -0.00201. The number of aromatic nitrogens is 3. The fourth-order valence-corrected chi connectivity index (χ4v) is 3.69. The molecule has 0 atom stereocenters. The Labute approximate surface area is 173 Å². The van der Waals surface area contributed by atoms with Gasteiger partial charge in [0.2, 0.25) is 5.91 Å². The molecule has 28 heavy (non-hydrogen) atoms. The first-order valence-corrected chi connectivity index (χ1v) is 10.3. The second-order valence-corrected chi connectivity index (χ2v) is 7.52. The summed E-state index contributed by atoms with van der Waals surface area (Å²) in [4.78, 5) is 16.2. The van der Waals surface area contributed by atoms with Crippen LogP contribution in [0.25, 0.3) is 22.4 Å². The second kappa shape index (κ2) is 10.3. The normalized spacial score (nSPS) is 10.8. The first kappa shape index (κ1) is 20.4. The van der Waals surface area contributed by atoms with E-state index in [4.69, 9.17) is 11.6 Å². The van der Waals surface area contributed by atoms with Gasteiger partial charge in [-0.25, -0.2) is 0 Å². The maximum Gasteiger partial charge on any atom is 0.230 e. The summed E-state index contributed by atoms with van der Waals surface area (Å²) >= 11 is 7.44. The lowest BCUT2D eigenvalue weighted by Crippen LogP contribution is -2.28. The topological polar surface area (TPSA) is 82.7 Å². The molecule has 0 unspecified atom stereocenters. The van der Waals surface area contributed by atoms with Gasteiger partial charge in [0.15, 0.2) is 0 Å². The van der Waals surface area contributed by atoms with Crippen molar-refractivity contribution < 1.29 is 4.79 Å². The third kappa shape index (κ3) is 5.34. The lowest BCUT2D eigenvalue weighted by molar-refractivity contribution is -0.118. The summed E-state index contributed by atoms with van der Waals surface area (Å²) in [7, 11) is 1.90. The minimum absolute atomic E-state index is 0.00201. The Bertz CT molecular complexity index is 899. The van der Waals surface area contributed by atoms with Crippen molar-refractivity contribution in [3.8, 4) is 22.4 Å². The van der Waals surface area contributed by atoms with Crippen LogP contribution in [0.3, 0.4) is 0 Å². The van der Waals surface area contributed by atoms with Crippen LogP contribution in [0.1, 0.15) is 6.42 Å². The predicted octanol–water partition coefficient (Wildman–Crippen LogP) is 3.61. The van der Waals surface area contributed by atoms with Gasteiger partial charge in [-0.05, 0) is 49.8 Å². The summed E-state index contributed by atoms with van der Waals surface area (Å²) in [5.74, 6) is 0.306. The van der Waals surface area contributed by atoms with Crippen LogP contribution in [0.4, 0.5) is 0 Å². The molecule has 0 saturated heterocycles. The number of halogens is 1. The zero-order valence-electron chi connectivity index (χ0n) is 15.5. The molecule has 0 spiro atoms. The van der Waals surface area contributed by atoms with Crippen LogP contribution in [0.15, 0.2) is 53.8 Å². The molecule has 146 valence electrons. The summed E-state index contributed by atoms with van der Waals surface area (Å²) in [5.41, 5.74) is 3.82. The van der Waals surface area contributed by atoms with Crippen molar-refractivity contribution in [3.63, 3.8) is 0 Å². The predicted molar refractivity (Wildman–Crippen MR) is 115 cm³/mol. The molecule has 1 aromatic carbocycles. The van der Waals surface area contributed by atoms with E-state index in [2.05, 4.69) is 25.8 Å². The van der Waals surface area contributed by atoms with Gasteiger partial charge in [-0.2, -0.15) is 5.10 Å². The van der Waals surface area contributed by atoms with Gasteiger partial charge in [-0.3, -0.25) is 14.9 Å². The zero-order chi connectivity index (χ0) is 19.8. The van der Waals surface area contributed by atoms with E-state index in [0.29, 0.717) is 17.3 Å². The molecule has 8 heteroatoms. The molecular formula is C20H22ClN5OS. The Morgan fingerprint density at radius 1 is 1.11 bits per heavy atom. The van der Waals surface area contributed by atoms with Crippen LogP contribution >= 0.6 is 23.4 Å². The Hall–Kier alpha value is -2.35. The van der Waals surface area contributed by atoms with Crippen molar-refractivity contribution in [3.05, 3.63) is 53.8 Å². The van der Waals surface area contributed by atoms with Crippen molar-refractivity contribution >= 4 is 29.3 Å². The molecule has 0 aliphatic carbocycles. The van der Waals surface area contributed by atoms with Gasteiger partial charge in [-0.1, -0.05) is 35.5 Å². The molecule has 6 nitrogen and oxygen atoms in total. The number of aromatic amines is 1. The third-order valence-corrected chi connectivity index (χ3v) is 5.33. The summed E-state index contributed by atoms with van der Waals surface area (Å²) in [6.07, 6.45) is 4.39. The number of hydrogen-bond acceptors (Lipinski definition) is 5.